The number of aromatic amines is 1. The molecule has 4 nitrogen and oxygen atoms in total. The van der Waals surface area contributed by atoms with Crippen molar-refractivity contribution in [2.24, 2.45) is 0 Å². The second-order valence-electron chi connectivity index (χ2n) is 7.02. The number of H-pyrrole nitrogens is 1. The van der Waals surface area contributed by atoms with Crippen LogP contribution >= 0.6 is 12.6 Å². The summed E-state index contributed by atoms with van der Waals surface area (Å²) in [6.45, 7) is 8.23. The van der Waals surface area contributed by atoms with Gasteiger partial charge in [0.15, 0.2) is 0 Å². The third kappa shape index (κ3) is 3.18. The highest BCUT2D eigenvalue weighted by Crippen LogP contribution is 2.39. The lowest BCUT2D eigenvalue weighted by molar-refractivity contribution is 0.00578. The van der Waals surface area contributed by atoms with Crippen LogP contribution < -0.4 is 0 Å². The first-order chi connectivity index (χ1) is 11.3. The monoisotopic (exact) mass is 342 g/mol. The number of nitrogens with zero attached hydrogens (tertiary/aromatic N) is 1. The van der Waals surface area contributed by atoms with E-state index in [-0.39, 0.29) is 18.3 Å². The zero-order valence-electron chi connectivity index (χ0n) is 14.5. The van der Waals surface area contributed by atoms with E-state index in [4.69, 9.17) is 9.31 Å². The number of hydrogen-bond donors (Lipinski definition) is 2. The molecule has 1 saturated heterocycles. The van der Waals surface area contributed by atoms with Gasteiger partial charge in [0.05, 0.1) is 16.9 Å². The van der Waals surface area contributed by atoms with Crippen molar-refractivity contribution in [1.29, 1.82) is 0 Å². The van der Waals surface area contributed by atoms with Crippen LogP contribution in [-0.4, -0.2) is 34.3 Å². The molecule has 1 aromatic heterocycles. The van der Waals surface area contributed by atoms with Crippen molar-refractivity contribution >= 4 is 25.8 Å². The fourth-order valence-electron chi connectivity index (χ4n) is 2.66. The fourth-order valence-corrected chi connectivity index (χ4v) is 2.90. The maximum Gasteiger partial charge on any atom is 0.491 e. The Labute approximate surface area is 149 Å². The molecule has 6 heteroatoms. The number of thiol groups is 1. The average molecular weight is 342 g/mol. The Hall–Kier alpha value is -1.50. The van der Waals surface area contributed by atoms with Crippen LogP contribution in [0.15, 0.2) is 42.0 Å². The lowest BCUT2D eigenvalue weighted by atomic mass is 9.78. The summed E-state index contributed by atoms with van der Waals surface area (Å²) < 4.78 is 12.3. The van der Waals surface area contributed by atoms with E-state index in [9.17, 15) is 0 Å². The zero-order chi connectivity index (χ0) is 17.4. The number of rotatable bonds is 4. The number of nitrogens with one attached hydrogen (secondary N) is 1. The molecular formula is C18H23BN2O2S. The van der Waals surface area contributed by atoms with Gasteiger partial charge in [0, 0.05) is 17.5 Å². The summed E-state index contributed by atoms with van der Waals surface area (Å²) in [6.07, 6.45) is 3.86. The Kier molecular flexibility index (Phi) is 4.64. The first kappa shape index (κ1) is 17.3. The van der Waals surface area contributed by atoms with Crippen molar-refractivity contribution in [2.45, 2.75) is 38.9 Å². The van der Waals surface area contributed by atoms with Crippen LogP contribution in [-0.2, 0) is 9.31 Å². The van der Waals surface area contributed by atoms with Crippen LogP contribution in [0.1, 0.15) is 33.3 Å². The third-order valence-electron chi connectivity index (χ3n) is 4.83. The van der Waals surface area contributed by atoms with Gasteiger partial charge in [-0.25, -0.2) is 0 Å². The summed E-state index contributed by atoms with van der Waals surface area (Å²) >= 11 is 4.50. The molecule has 0 amide bonds. The first-order valence-corrected chi connectivity index (χ1v) is 8.73. The molecule has 3 rings (SSSR count). The average Bonchev–Trinajstić information content (AvgIpc) is 3.12. The quantitative estimate of drug-likeness (QED) is 0.652. The van der Waals surface area contributed by atoms with Gasteiger partial charge in [0.2, 0.25) is 0 Å². The summed E-state index contributed by atoms with van der Waals surface area (Å²) in [5, 5.41) is 7.06. The van der Waals surface area contributed by atoms with E-state index in [0.29, 0.717) is 5.75 Å². The summed E-state index contributed by atoms with van der Waals surface area (Å²) in [5.74, 6) is 0.564. The summed E-state index contributed by atoms with van der Waals surface area (Å²) in [7, 11) is -0.387. The summed E-state index contributed by atoms with van der Waals surface area (Å²) in [5.41, 5.74) is 3.44. The lowest BCUT2D eigenvalue weighted by Gasteiger charge is -2.32. The Morgan fingerprint density at radius 2 is 1.83 bits per heavy atom. The highest BCUT2D eigenvalue weighted by Gasteiger charge is 2.52. The molecule has 0 radical (unpaired) electrons. The van der Waals surface area contributed by atoms with Gasteiger partial charge in [-0.2, -0.15) is 17.7 Å². The summed E-state index contributed by atoms with van der Waals surface area (Å²) in [4.78, 5) is 0. The predicted octanol–water partition coefficient (Wildman–Crippen LogP) is 4.02. The standard InChI is InChI=1S/C18H23BN2O2S/c1-17(2)18(3,4)23-19(22-17)14(12-24)11-13-7-5-6-8-15(13)16-9-10-20-21-16/h5-11,24H,12H2,1-4H3,(H,20,21). The van der Waals surface area contributed by atoms with Crippen LogP contribution in [0.4, 0.5) is 0 Å². The fraction of sp³-hybridized carbons (Fsp3) is 0.389. The zero-order valence-corrected chi connectivity index (χ0v) is 15.4. The first-order valence-electron chi connectivity index (χ1n) is 8.10. The van der Waals surface area contributed by atoms with E-state index in [2.05, 4.69) is 68.7 Å². The topological polar surface area (TPSA) is 47.1 Å². The normalized spacial score (nSPS) is 19.7. The van der Waals surface area contributed by atoms with Gasteiger partial charge in [-0.15, -0.1) is 0 Å². The molecule has 0 saturated carbocycles. The predicted molar refractivity (Wildman–Crippen MR) is 102 cm³/mol. The molecule has 1 aliphatic heterocycles. The molecule has 126 valence electrons. The second kappa shape index (κ2) is 6.43. The Bertz CT molecular complexity index is 725. The molecule has 0 aliphatic carbocycles. The maximum absolute atomic E-state index is 6.16. The van der Waals surface area contributed by atoms with E-state index >= 15 is 0 Å². The van der Waals surface area contributed by atoms with Gasteiger partial charge in [-0.05, 0) is 44.8 Å². The Morgan fingerprint density at radius 3 is 2.42 bits per heavy atom. The molecule has 24 heavy (non-hydrogen) atoms. The van der Waals surface area contributed by atoms with Crippen molar-refractivity contribution in [3.05, 3.63) is 47.6 Å². The van der Waals surface area contributed by atoms with Gasteiger partial charge in [-0.3, -0.25) is 5.10 Å². The number of aromatic nitrogens is 2. The van der Waals surface area contributed by atoms with Gasteiger partial charge in [-0.1, -0.05) is 30.3 Å². The Morgan fingerprint density at radius 1 is 1.17 bits per heavy atom. The molecule has 0 atom stereocenters. The molecule has 1 N–H and O–H groups in total. The van der Waals surface area contributed by atoms with Crippen molar-refractivity contribution in [3.8, 4) is 11.3 Å². The van der Waals surface area contributed by atoms with Crippen molar-refractivity contribution < 1.29 is 9.31 Å². The van der Waals surface area contributed by atoms with E-state index in [1.165, 1.54) is 0 Å². The van der Waals surface area contributed by atoms with E-state index < -0.39 is 0 Å². The van der Waals surface area contributed by atoms with E-state index in [1.54, 1.807) is 6.20 Å². The molecule has 0 spiro atoms. The van der Waals surface area contributed by atoms with E-state index in [0.717, 1.165) is 22.3 Å². The molecule has 0 unspecified atom stereocenters. The lowest BCUT2D eigenvalue weighted by Crippen LogP contribution is -2.41. The van der Waals surface area contributed by atoms with Gasteiger partial charge >= 0.3 is 7.12 Å². The molecule has 2 aromatic rings. The third-order valence-corrected chi connectivity index (χ3v) is 5.20. The minimum absolute atomic E-state index is 0.359. The van der Waals surface area contributed by atoms with Crippen molar-refractivity contribution in [1.82, 2.24) is 10.2 Å². The van der Waals surface area contributed by atoms with Gasteiger partial charge in [0.1, 0.15) is 0 Å². The number of benzene rings is 1. The van der Waals surface area contributed by atoms with Crippen molar-refractivity contribution in [2.75, 3.05) is 5.75 Å². The largest absolute Gasteiger partial charge is 0.491 e. The van der Waals surface area contributed by atoms with Crippen LogP contribution in [0.25, 0.3) is 17.3 Å². The Balaban J connectivity index is 1.96. The minimum atomic E-state index is -0.387. The van der Waals surface area contributed by atoms with Crippen molar-refractivity contribution in [3.63, 3.8) is 0 Å². The molecule has 1 aliphatic rings. The minimum Gasteiger partial charge on any atom is -0.400 e. The second-order valence-corrected chi connectivity index (χ2v) is 7.34. The molecule has 0 bridgehead atoms. The van der Waals surface area contributed by atoms with Gasteiger partial charge < -0.3 is 9.31 Å². The highest BCUT2D eigenvalue weighted by atomic mass is 32.1. The smallest absolute Gasteiger partial charge is 0.400 e. The summed E-state index contributed by atoms with van der Waals surface area (Å²) in [6, 6.07) is 10.1. The maximum atomic E-state index is 6.16. The molecule has 2 heterocycles. The number of hydrogen-bond acceptors (Lipinski definition) is 4. The molecular weight excluding hydrogens is 319 g/mol. The SMILES string of the molecule is CC1(C)OB(C(=Cc2ccccc2-c2ccn[nH]2)CS)OC1(C)C. The van der Waals surface area contributed by atoms with E-state index in [1.807, 2.05) is 18.2 Å². The molecule has 1 aromatic carbocycles. The highest BCUT2D eigenvalue weighted by molar-refractivity contribution is 7.80. The van der Waals surface area contributed by atoms with Crippen LogP contribution in [0.2, 0.25) is 0 Å². The van der Waals surface area contributed by atoms with Gasteiger partial charge in [0.25, 0.3) is 0 Å². The van der Waals surface area contributed by atoms with Crippen LogP contribution in [0, 0.1) is 0 Å². The molecule has 1 fully saturated rings. The van der Waals surface area contributed by atoms with Crippen LogP contribution in [0.3, 0.4) is 0 Å². The van der Waals surface area contributed by atoms with Crippen LogP contribution in [0.5, 0.6) is 0 Å².